The molecule has 2 nitrogen and oxygen atoms in total. The Morgan fingerprint density at radius 3 is 2.48 bits per heavy atom. The highest BCUT2D eigenvalue weighted by Crippen LogP contribution is 2.31. The van der Waals surface area contributed by atoms with Gasteiger partial charge in [0.15, 0.2) is 0 Å². The summed E-state index contributed by atoms with van der Waals surface area (Å²) >= 11 is 6.67. The zero-order valence-electron chi connectivity index (χ0n) is 12.0. The fraction of sp³-hybridized carbons (Fsp3) is 0.250. The van der Waals surface area contributed by atoms with E-state index in [2.05, 4.69) is 37.2 Å². The number of nitrogens with one attached hydrogen (secondary N) is 1. The van der Waals surface area contributed by atoms with E-state index in [9.17, 15) is 4.39 Å². The molecule has 112 valence electrons. The number of rotatable bonds is 4. The van der Waals surface area contributed by atoms with Crippen LogP contribution in [0.2, 0.25) is 0 Å². The number of methoxy groups -OCH3 is 1. The van der Waals surface area contributed by atoms with Gasteiger partial charge in [0.2, 0.25) is 0 Å². The van der Waals surface area contributed by atoms with Crippen molar-refractivity contribution >= 4 is 37.5 Å². The van der Waals surface area contributed by atoms with Gasteiger partial charge in [-0.25, -0.2) is 4.39 Å². The number of halogens is 3. The first-order valence-electron chi connectivity index (χ1n) is 6.48. The minimum Gasteiger partial charge on any atom is -0.496 e. The van der Waals surface area contributed by atoms with Crippen LogP contribution in [0.25, 0.3) is 0 Å². The third-order valence-corrected chi connectivity index (χ3v) is 4.54. The molecule has 0 saturated heterocycles. The Morgan fingerprint density at radius 2 is 1.86 bits per heavy atom. The van der Waals surface area contributed by atoms with Gasteiger partial charge in [0.25, 0.3) is 0 Å². The van der Waals surface area contributed by atoms with Crippen molar-refractivity contribution in [3.05, 3.63) is 56.2 Å². The maximum Gasteiger partial charge on any atom is 0.139 e. The van der Waals surface area contributed by atoms with Gasteiger partial charge in [0, 0.05) is 11.7 Å². The molecule has 1 atom stereocenters. The minimum absolute atomic E-state index is 0.0477. The van der Waals surface area contributed by atoms with Crippen molar-refractivity contribution in [1.82, 2.24) is 0 Å². The summed E-state index contributed by atoms with van der Waals surface area (Å²) in [5, 5.41) is 3.34. The largest absolute Gasteiger partial charge is 0.496 e. The molecule has 0 aliphatic carbocycles. The Labute approximate surface area is 141 Å². The Balaban J connectivity index is 2.23. The number of hydrogen-bond acceptors (Lipinski definition) is 2. The average molecular weight is 417 g/mol. The fourth-order valence-corrected chi connectivity index (χ4v) is 3.09. The molecule has 2 aromatic rings. The second-order valence-electron chi connectivity index (χ2n) is 4.84. The van der Waals surface area contributed by atoms with Crippen molar-refractivity contribution in [3.8, 4) is 5.75 Å². The van der Waals surface area contributed by atoms with Gasteiger partial charge in [0.1, 0.15) is 11.6 Å². The van der Waals surface area contributed by atoms with E-state index in [0.717, 1.165) is 27.0 Å². The Bertz CT molecular complexity index is 661. The van der Waals surface area contributed by atoms with Crippen LogP contribution >= 0.6 is 31.9 Å². The van der Waals surface area contributed by atoms with E-state index >= 15 is 0 Å². The van der Waals surface area contributed by atoms with E-state index < -0.39 is 0 Å². The van der Waals surface area contributed by atoms with Gasteiger partial charge in [-0.1, -0.05) is 6.07 Å². The van der Waals surface area contributed by atoms with Crippen LogP contribution in [0.5, 0.6) is 5.75 Å². The van der Waals surface area contributed by atoms with Gasteiger partial charge in [-0.2, -0.15) is 0 Å². The highest BCUT2D eigenvalue weighted by atomic mass is 79.9. The van der Waals surface area contributed by atoms with Gasteiger partial charge in [0.05, 0.1) is 16.1 Å². The molecule has 21 heavy (non-hydrogen) atoms. The topological polar surface area (TPSA) is 21.3 Å². The molecule has 0 aliphatic heterocycles. The zero-order valence-corrected chi connectivity index (χ0v) is 15.2. The normalized spacial score (nSPS) is 12.1. The summed E-state index contributed by atoms with van der Waals surface area (Å²) in [4.78, 5) is 0. The van der Waals surface area contributed by atoms with E-state index in [-0.39, 0.29) is 11.9 Å². The van der Waals surface area contributed by atoms with Crippen LogP contribution in [0.15, 0.2) is 39.3 Å². The number of anilines is 1. The van der Waals surface area contributed by atoms with Gasteiger partial charge >= 0.3 is 0 Å². The van der Waals surface area contributed by atoms with Crippen LogP contribution in [0.3, 0.4) is 0 Å². The third-order valence-electron chi connectivity index (χ3n) is 3.32. The summed E-state index contributed by atoms with van der Waals surface area (Å²) in [6.07, 6.45) is 0. The summed E-state index contributed by atoms with van der Waals surface area (Å²) in [7, 11) is 1.63. The van der Waals surface area contributed by atoms with Crippen molar-refractivity contribution in [2.45, 2.75) is 19.9 Å². The van der Waals surface area contributed by atoms with Gasteiger partial charge in [-0.15, -0.1) is 0 Å². The average Bonchev–Trinajstić information content (AvgIpc) is 2.44. The van der Waals surface area contributed by atoms with Crippen molar-refractivity contribution in [2.24, 2.45) is 0 Å². The summed E-state index contributed by atoms with van der Waals surface area (Å²) in [6.45, 7) is 3.98. The lowest BCUT2D eigenvalue weighted by molar-refractivity contribution is 0.412. The number of ether oxygens (including phenoxy) is 1. The molecule has 2 aromatic carbocycles. The maximum absolute atomic E-state index is 13.7. The Kier molecular flexibility index (Phi) is 5.27. The van der Waals surface area contributed by atoms with Crippen molar-refractivity contribution in [2.75, 3.05) is 12.4 Å². The second kappa shape index (κ2) is 6.79. The Morgan fingerprint density at radius 1 is 1.14 bits per heavy atom. The lowest BCUT2D eigenvalue weighted by Gasteiger charge is -2.19. The van der Waals surface area contributed by atoms with Crippen LogP contribution in [0, 0.1) is 12.7 Å². The molecule has 1 N–H and O–H groups in total. The number of benzene rings is 2. The fourth-order valence-electron chi connectivity index (χ4n) is 2.07. The lowest BCUT2D eigenvalue weighted by atomic mass is 10.1. The summed E-state index contributed by atoms with van der Waals surface area (Å²) in [5.41, 5.74) is 2.86. The molecule has 0 aliphatic rings. The SMILES string of the molecule is COc1ccc(C(C)Nc2cc(F)c(Br)cc2C)cc1Br. The smallest absolute Gasteiger partial charge is 0.139 e. The molecule has 0 aromatic heterocycles. The summed E-state index contributed by atoms with van der Waals surface area (Å²) in [6, 6.07) is 9.23. The molecule has 0 spiro atoms. The van der Waals surface area contributed by atoms with Gasteiger partial charge in [-0.3, -0.25) is 0 Å². The molecular formula is C16H16Br2FNO. The molecule has 0 amide bonds. The van der Waals surface area contributed by atoms with Crippen LogP contribution in [0.1, 0.15) is 24.1 Å². The standard InChI is InChI=1S/C16H16Br2FNO/c1-9-6-12(17)14(19)8-15(9)20-10(2)11-4-5-16(21-3)13(18)7-11/h4-8,10,20H,1-3H3. The number of aryl methyl sites for hydroxylation is 1. The molecular weight excluding hydrogens is 401 g/mol. The molecule has 1 unspecified atom stereocenters. The van der Waals surface area contributed by atoms with Crippen LogP contribution < -0.4 is 10.1 Å². The van der Waals surface area contributed by atoms with E-state index in [1.165, 1.54) is 6.07 Å². The van der Waals surface area contributed by atoms with Crippen molar-refractivity contribution in [1.29, 1.82) is 0 Å². The molecule has 0 radical (unpaired) electrons. The monoisotopic (exact) mass is 415 g/mol. The third kappa shape index (κ3) is 3.77. The van der Waals surface area contributed by atoms with E-state index in [1.54, 1.807) is 13.2 Å². The molecule has 0 heterocycles. The highest BCUT2D eigenvalue weighted by Gasteiger charge is 2.11. The lowest BCUT2D eigenvalue weighted by Crippen LogP contribution is -2.08. The number of hydrogen-bond donors (Lipinski definition) is 1. The predicted octanol–water partition coefficient (Wildman–Crippen LogP) is 5.84. The van der Waals surface area contributed by atoms with E-state index in [4.69, 9.17) is 4.74 Å². The van der Waals surface area contributed by atoms with Crippen molar-refractivity contribution < 1.29 is 9.13 Å². The van der Waals surface area contributed by atoms with Crippen LogP contribution in [-0.2, 0) is 0 Å². The molecule has 5 heteroatoms. The van der Waals surface area contributed by atoms with Crippen LogP contribution in [-0.4, -0.2) is 7.11 Å². The Hall–Kier alpha value is -1.07. The first-order chi connectivity index (χ1) is 9.92. The molecule has 0 fully saturated rings. The predicted molar refractivity (Wildman–Crippen MR) is 91.6 cm³/mol. The minimum atomic E-state index is -0.272. The second-order valence-corrected chi connectivity index (χ2v) is 6.55. The zero-order chi connectivity index (χ0) is 15.6. The first kappa shape index (κ1) is 16.3. The van der Waals surface area contributed by atoms with Gasteiger partial charge < -0.3 is 10.1 Å². The van der Waals surface area contributed by atoms with Crippen molar-refractivity contribution in [3.63, 3.8) is 0 Å². The molecule has 0 saturated carbocycles. The quantitative estimate of drug-likeness (QED) is 0.675. The van der Waals surface area contributed by atoms with Crippen LogP contribution in [0.4, 0.5) is 10.1 Å². The van der Waals surface area contributed by atoms with E-state index in [0.29, 0.717) is 4.47 Å². The molecule has 2 rings (SSSR count). The summed E-state index contributed by atoms with van der Waals surface area (Å²) < 4.78 is 20.3. The highest BCUT2D eigenvalue weighted by molar-refractivity contribution is 9.10. The van der Waals surface area contributed by atoms with Gasteiger partial charge in [-0.05, 0) is 81.1 Å². The molecule has 0 bridgehead atoms. The maximum atomic E-state index is 13.7. The first-order valence-corrected chi connectivity index (χ1v) is 8.06. The van der Waals surface area contributed by atoms with E-state index in [1.807, 2.05) is 32.0 Å². The summed E-state index contributed by atoms with van der Waals surface area (Å²) in [5.74, 6) is 0.517.